The topological polar surface area (TPSA) is 29.5 Å². The molecule has 2 heterocycles. The van der Waals surface area contributed by atoms with Crippen molar-refractivity contribution in [1.29, 1.82) is 0 Å². The van der Waals surface area contributed by atoms with Gasteiger partial charge in [0.2, 0.25) is 0 Å². The molecule has 0 amide bonds. The van der Waals surface area contributed by atoms with Crippen LogP contribution in [0.2, 0.25) is 0 Å². The van der Waals surface area contributed by atoms with Gasteiger partial charge >= 0.3 is 0 Å². The molecule has 1 aliphatic rings. The molecular formula is C59H39NO2. The van der Waals surface area contributed by atoms with Crippen LogP contribution in [0.25, 0.3) is 71.3 Å². The molecule has 0 fully saturated rings. The van der Waals surface area contributed by atoms with Crippen LogP contribution in [0, 0.1) is 0 Å². The van der Waals surface area contributed by atoms with Gasteiger partial charge in [0.15, 0.2) is 0 Å². The van der Waals surface area contributed by atoms with Crippen LogP contribution in [0.4, 0.5) is 11.4 Å². The predicted octanol–water partition coefficient (Wildman–Crippen LogP) is 15.9. The Labute approximate surface area is 359 Å². The monoisotopic (exact) mass is 793 g/mol. The maximum atomic E-state index is 6.97. The van der Waals surface area contributed by atoms with Gasteiger partial charge < -0.3 is 13.7 Å². The molecule has 0 saturated heterocycles. The number of furan rings is 2. The van der Waals surface area contributed by atoms with Crippen LogP contribution in [0.15, 0.2) is 246 Å². The highest BCUT2D eigenvalue weighted by atomic mass is 16.3. The number of nitrogens with zero attached hydrogens (tertiary/aromatic N) is 1. The molecule has 2 aromatic heterocycles. The van der Waals surface area contributed by atoms with Gasteiger partial charge in [-0.1, -0.05) is 189 Å². The van der Waals surface area contributed by atoms with Crippen molar-refractivity contribution < 1.29 is 8.83 Å². The summed E-state index contributed by atoms with van der Waals surface area (Å²) in [5.41, 5.74) is 13.9. The van der Waals surface area contributed by atoms with E-state index in [1.165, 1.54) is 22.3 Å². The number of hydrogen-bond acceptors (Lipinski definition) is 3. The molecule has 3 heteroatoms. The molecule has 0 N–H and O–H groups in total. The highest BCUT2D eigenvalue weighted by Gasteiger charge is 2.46. The number of fused-ring (bicyclic) bond motifs is 9. The molecule has 3 nitrogen and oxygen atoms in total. The average molecular weight is 794 g/mol. The van der Waals surface area contributed by atoms with Gasteiger partial charge in [0.1, 0.15) is 22.3 Å². The summed E-state index contributed by atoms with van der Waals surface area (Å²) in [5, 5.41) is 6.55. The molecule has 0 radical (unpaired) electrons. The number of benzene rings is 9. The highest BCUT2D eigenvalue weighted by molar-refractivity contribution is 6.18. The van der Waals surface area contributed by atoms with Crippen molar-refractivity contribution in [3.8, 4) is 11.1 Å². The van der Waals surface area contributed by atoms with Crippen molar-refractivity contribution in [2.75, 3.05) is 4.90 Å². The Morgan fingerprint density at radius 2 is 1.03 bits per heavy atom. The van der Waals surface area contributed by atoms with Crippen molar-refractivity contribution in [3.63, 3.8) is 0 Å². The summed E-state index contributed by atoms with van der Waals surface area (Å²) in [4.78, 5) is 2.34. The maximum absolute atomic E-state index is 6.97. The van der Waals surface area contributed by atoms with Gasteiger partial charge in [-0.05, 0) is 75.2 Å². The molecule has 0 bridgehead atoms. The number of rotatable bonds is 8. The Morgan fingerprint density at radius 1 is 0.435 bits per heavy atom. The molecule has 62 heavy (non-hydrogen) atoms. The zero-order valence-corrected chi connectivity index (χ0v) is 33.8. The normalized spacial score (nSPS) is 13.5. The lowest BCUT2D eigenvalue weighted by atomic mass is 9.67. The third-order valence-electron chi connectivity index (χ3n) is 12.8. The summed E-state index contributed by atoms with van der Waals surface area (Å²) in [6.07, 6.45) is 6.61. The molecule has 11 aromatic rings. The van der Waals surface area contributed by atoms with E-state index in [1.54, 1.807) is 0 Å². The summed E-state index contributed by atoms with van der Waals surface area (Å²) in [5.74, 6) is 0. The van der Waals surface area contributed by atoms with Gasteiger partial charge in [0.05, 0.1) is 22.2 Å². The van der Waals surface area contributed by atoms with Gasteiger partial charge in [-0.15, -0.1) is 0 Å². The first-order valence-electron chi connectivity index (χ1n) is 21.1. The summed E-state index contributed by atoms with van der Waals surface area (Å²) < 4.78 is 13.5. The summed E-state index contributed by atoms with van der Waals surface area (Å²) in [6.45, 7) is 4.45. The third-order valence-corrected chi connectivity index (χ3v) is 12.8. The zero-order chi connectivity index (χ0) is 41.2. The van der Waals surface area contributed by atoms with Gasteiger partial charge in [-0.25, -0.2) is 0 Å². The van der Waals surface area contributed by atoms with Crippen molar-refractivity contribution in [1.82, 2.24) is 0 Å². The van der Waals surface area contributed by atoms with E-state index in [9.17, 15) is 0 Å². The third kappa shape index (κ3) is 5.25. The van der Waals surface area contributed by atoms with Crippen LogP contribution in [0.1, 0.15) is 22.3 Å². The minimum Gasteiger partial charge on any atom is -0.456 e. The summed E-state index contributed by atoms with van der Waals surface area (Å²) in [6, 6.07) is 73.2. The Morgan fingerprint density at radius 3 is 1.84 bits per heavy atom. The Bertz CT molecular complexity index is 3570. The first-order valence-corrected chi connectivity index (χ1v) is 21.1. The Balaban J connectivity index is 1.14. The van der Waals surface area contributed by atoms with Crippen LogP contribution in [0.3, 0.4) is 0 Å². The number of allylic oxidation sites excluding steroid dienone is 4. The minimum absolute atomic E-state index is 0.624. The van der Waals surface area contributed by atoms with Crippen molar-refractivity contribution in [3.05, 3.63) is 259 Å². The number of para-hydroxylation sites is 3. The van der Waals surface area contributed by atoms with E-state index in [0.717, 1.165) is 88.3 Å². The lowest BCUT2D eigenvalue weighted by Gasteiger charge is -2.35. The summed E-state index contributed by atoms with van der Waals surface area (Å²) in [7, 11) is 0. The lowest BCUT2D eigenvalue weighted by molar-refractivity contribution is 0.669. The zero-order valence-electron chi connectivity index (χ0n) is 33.8. The second-order valence-electron chi connectivity index (χ2n) is 16.0. The fourth-order valence-electron chi connectivity index (χ4n) is 10.2. The van der Waals surface area contributed by atoms with E-state index in [2.05, 4.69) is 218 Å². The molecule has 12 rings (SSSR count). The Kier molecular flexibility index (Phi) is 8.23. The van der Waals surface area contributed by atoms with Crippen LogP contribution >= 0.6 is 0 Å². The van der Waals surface area contributed by atoms with Gasteiger partial charge in [-0.2, -0.15) is 0 Å². The standard InChI is InChI=1S/C59H39NO2/c1-2-42-44-25-11-14-30-50(44)59(40-20-5-3-6-21-40,41-22-7-4-8-23-41)51(42)37-38-60(53-32-18-34-55-56(53)49-27-13-16-33-54(49)61-55)52-31-15-12-26-45(52)46-28-17-29-47-48-36-35-39-19-9-10-24-43(39)57(48)62-58(46)47/h2-38H,1H2/b38-37+. The number of anilines is 2. The first-order chi connectivity index (χ1) is 30.7. The van der Waals surface area contributed by atoms with Crippen LogP contribution in [0.5, 0.6) is 0 Å². The van der Waals surface area contributed by atoms with Crippen molar-refractivity contribution in [2.24, 2.45) is 0 Å². The van der Waals surface area contributed by atoms with E-state index >= 15 is 0 Å². The molecule has 0 unspecified atom stereocenters. The smallest absolute Gasteiger partial charge is 0.143 e. The van der Waals surface area contributed by atoms with Gasteiger partial charge in [-0.3, -0.25) is 0 Å². The Hall–Kier alpha value is -8.14. The van der Waals surface area contributed by atoms with Crippen molar-refractivity contribution >= 4 is 71.6 Å². The van der Waals surface area contributed by atoms with Gasteiger partial charge in [0.25, 0.3) is 0 Å². The largest absolute Gasteiger partial charge is 0.456 e. The fourth-order valence-corrected chi connectivity index (χ4v) is 10.2. The molecule has 0 aliphatic heterocycles. The summed E-state index contributed by atoms with van der Waals surface area (Å²) >= 11 is 0. The average Bonchev–Trinajstić information content (AvgIpc) is 4.01. The second kappa shape index (κ2) is 14.3. The second-order valence-corrected chi connectivity index (χ2v) is 16.0. The quantitative estimate of drug-likeness (QED) is 0.153. The molecule has 292 valence electrons. The fraction of sp³-hybridized carbons (Fsp3) is 0.0169. The molecule has 9 aromatic carbocycles. The van der Waals surface area contributed by atoms with Crippen LogP contribution in [-0.4, -0.2) is 0 Å². The van der Waals surface area contributed by atoms with Crippen LogP contribution in [-0.2, 0) is 5.41 Å². The minimum atomic E-state index is -0.624. The first kappa shape index (κ1) is 35.8. The van der Waals surface area contributed by atoms with Crippen molar-refractivity contribution in [2.45, 2.75) is 5.41 Å². The lowest BCUT2D eigenvalue weighted by Crippen LogP contribution is -2.29. The molecule has 0 saturated carbocycles. The molecular weight excluding hydrogens is 755 g/mol. The van der Waals surface area contributed by atoms with E-state index in [0.29, 0.717) is 0 Å². The SMILES string of the molecule is C=CC1=C(/C=C/N(c2ccccc2-c2cccc3c2oc2c4ccccc4ccc32)c2cccc3oc4ccccc4c23)C(c2ccccc2)(c2ccccc2)c2ccccc21. The van der Waals surface area contributed by atoms with E-state index in [1.807, 2.05) is 18.2 Å². The highest BCUT2D eigenvalue weighted by Crippen LogP contribution is 2.56. The van der Waals surface area contributed by atoms with E-state index in [4.69, 9.17) is 8.83 Å². The van der Waals surface area contributed by atoms with E-state index < -0.39 is 5.41 Å². The maximum Gasteiger partial charge on any atom is 0.143 e. The predicted molar refractivity (Wildman–Crippen MR) is 258 cm³/mol. The van der Waals surface area contributed by atoms with Crippen LogP contribution < -0.4 is 4.90 Å². The number of hydrogen-bond donors (Lipinski definition) is 0. The molecule has 1 aliphatic carbocycles. The molecule has 0 atom stereocenters. The van der Waals surface area contributed by atoms with E-state index in [-0.39, 0.29) is 0 Å². The van der Waals surface area contributed by atoms with Gasteiger partial charge in [0, 0.05) is 38.9 Å². The molecule has 0 spiro atoms.